The largest absolute Gasteiger partial charge is 0.324 e. The van der Waals surface area contributed by atoms with Crippen LogP contribution in [-0.2, 0) is 11.3 Å². The summed E-state index contributed by atoms with van der Waals surface area (Å²) in [6.07, 6.45) is 2.78. The van der Waals surface area contributed by atoms with Gasteiger partial charge in [0.1, 0.15) is 6.54 Å². The average molecular weight is 343 g/mol. The number of aromatic nitrogens is 2. The Balaban J connectivity index is 2.10. The van der Waals surface area contributed by atoms with E-state index < -0.39 is 5.56 Å². The number of nitrogens with zero attached hydrogens (tertiary/aromatic N) is 2. The molecule has 1 N–H and O–H groups in total. The predicted octanol–water partition coefficient (Wildman–Crippen LogP) is 2.30. The Morgan fingerprint density at radius 2 is 2.26 bits per heavy atom. The Kier molecular flexibility index (Phi) is 4.34. The molecule has 2 aromatic rings. The van der Waals surface area contributed by atoms with E-state index in [0.717, 1.165) is 4.47 Å². The second kappa shape index (κ2) is 5.99. The van der Waals surface area contributed by atoms with Gasteiger partial charge < -0.3 is 9.88 Å². The molecule has 0 atom stereocenters. The van der Waals surface area contributed by atoms with Crippen molar-refractivity contribution in [2.75, 3.05) is 5.32 Å². The van der Waals surface area contributed by atoms with E-state index in [2.05, 4.69) is 26.2 Å². The lowest BCUT2D eigenvalue weighted by Crippen LogP contribution is -2.27. The van der Waals surface area contributed by atoms with E-state index in [1.165, 1.54) is 17.0 Å². The smallest absolute Gasteiger partial charge is 0.288 e. The zero-order chi connectivity index (χ0) is 13.8. The summed E-state index contributed by atoms with van der Waals surface area (Å²) in [5, 5.41) is 2.53. The average Bonchev–Trinajstić information content (AvgIpc) is 2.35. The van der Waals surface area contributed by atoms with Crippen molar-refractivity contribution in [3.05, 3.63) is 56.6 Å². The maximum absolute atomic E-state index is 11.8. The van der Waals surface area contributed by atoms with Crippen LogP contribution in [0.4, 0.5) is 5.69 Å². The summed E-state index contributed by atoms with van der Waals surface area (Å²) in [4.78, 5) is 27.0. The Hall–Kier alpha value is -1.66. The van der Waals surface area contributed by atoms with E-state index in [1.807, 2.05) is 6.07 Å². The molecular formula is C12H9BrClN3O2. The number of carbonyl (C=O) groups is 1. The molecule has 0 aliphatic carbocycles. The first-order valence-electron chi connectivity index (χ1n) is 5.32. The molecule has 0 spiro atoms. The van der Waals surface area contributed by atoms with Gasteiger partial charge in [0.15, 0.2) is 5.15 Å². The summed E-state index contributed by atoms with van der Waals surface area (Å²) >= 11 is 8.90. The summed E-state index contributed by atoms with van der Waals surface area (Å²) in [6.45, 7) is -0.117. The molecule has 7 heteroatoms. The molecule has 0 unspecified atom stereocenters. The van der Waals surface area contributed by atoms with Crippen LogP contribution in [0, 0.1) is 0 Å². The van der Waals surface area contributed by atoms with Crippen molar-refractivity contribution in [2.45, 2.75) is 6.54 Å². The number of hydrogen-bond donors (Lipinski definition) is 1. The second-order valence-corrected chi connectivity index (χ2v) is 4.98. The van der Waals surface area contributed by atoms with Gasteiger partial charge in [0, 0.05) is 22.6 Å². The monoisotopic (exact) mass is 341 g/mol. The van der Waals surface area contributed by atoms with E-state index in [9.17, 15) is 9.59 Å². The van der Waals surface area contributed by atoms with Crippen LogP contribution >= 0.6 is 27.5 Å². The molecule has 0 aliphatic heterocycles. The first-order valence-corrected chi connectivity index (χ1v) is 6.50. The normalized spacial score (nSPS) is 10.2. The number of benzene rings is 1. The summed E-state index contributed by atoms with van der Waals surface area (Å²) < 4.78 is 2.05. The van der Waals surface area contributed by atoms with Crippen molar-refractivity contribution in [1.29, 1.82) is 0 Å². The van der Waals surface area contributed by atoms with E-state index in [4.69, 9.17) is 11.6 Å². The van der Waals surface area contributed by atoms with Crippen molar-refractivity contribution < 1.29 is 4.79 Å². The lowest BCUT2D eigenvalue weighted by molar-refractivity contribution is -0.116. The van der Waals surface area contributed by atoms with E-state index in [-0.39, 0.29) is 17.6 Å². The number of amides is 1. The van der Waals surface area contributed by atoms with Crippen LogP contribution in [0.1, 0.15) is 0 Å². The molecule has 5 nitrogen and oxygen atoms in total. The molecule has 0 bridgehead atoms. The lowest BCUT2D eigenvalue weighted by atomic mass is 10.3. The molecule has 1 aromatic carbocycles. The van der Waals surface area contributed by atoms with Gasteiger partial charge in [0.05, 0.1) is 0 Å². The van der Waals surface area contributed by atoms with Crippen molar-refractivity contribution in [2.24, 2.45) is 0 Å². The third-order valence-electron chi connectivity index (χ3n) is 2.29. The minimum atomic E-state index is -0.492. The topological polar surface area (TPSA) is 64.0 Å². The lowest BCUT2D eigenvalue weighted by Gasteiger charge is -2.07. The summed E-state index contributed by atoms with van der Waals surface area (Å²) in [5.74, 6) is -0.317. The van der Waals surface area contributed by atoms with Crippen LogP contribution in [0.5, 0.6) is 0 Å². The SMILES string of the molecule is O=C(Cn1ccnc(Cl)c1=O)Nc1cccc(Br)c1. The highest BCUT2D eigenvalue weighted by Gasteiger charge is 2.07. The molecule has 0 saturated carbocycles. The van der Waals surface area contributed by atoms with Crippen LogP contribution in [0.3, 0.4) is 0 Å². The molecule has 0 fully saturated rings. The molecular weight excluding hydrogens is 334 g/mol. The van der Waals surface area contributed by atoms with Crippen molar-refractivity contribution in [1.82, 2.24) is 9.55 Å². The van der Waals surface area contributed by atoms with Gasteiger partial charge in [0.25, 0.3) is 5.56 Å². The minimum Gasteiger partial charge on any atom is -0.324 e. The van der Waals surface area contributed by atoms with E-state index in [0.29, 0.717) is 5.69 Å². The molecule has 2 rings (SSSR count). The molecule has 1 amide bonds. The van der Waals surface area contributed by atoms with Crippen LogP contribution < -0.4 is 10.9 Å². The van der Waals surface area contributed by atoms with Crippen molar-refractivity contribution in [3.8, 4) is 0 Å². The van der Waals surface area contributed by atoms with Crippen LogP contribution in [0.15, 0.2) is 45.9 Å². The fourth-order valence-electron chi connectivity index (χ4n) is 1.47. The van der Waals surface area contributed by atoms with E-state index in [1.54, 1.807) is 18.2 Å². The molecule has 0 saturated heterocycles. The van der Waals surface area contributed by atoms with Crippen molar-refractivity contribution in [3.63, 3.8) is 0 Å². The van der Waals surface area contributed by atoms with Crippen molar-refractivity contribution >= 4 is 39.1 Å². The van der Waals surface area contributed by atoms with Gasteiger partial charge in [0.2, 0.25) is 5.91 Å². The quantitative estimate of drug-likeness (QED) is 0.931. The second-order valence-electron chi connectivity index (χ2n) is 3.71. The number of carbonyl (C=O) groups excluding carboxylic acids is 1. The summed E-state index contributed by atoms with van der Waals surface area (Å²) in [7, 11) is 0. The number of halogens is 2. The number of rotatable bonds is 3. The fraction of sp³-hybridized carbons (Fsp3) is 0.0833. The van der Waals surface area contributed by atoms with Gasteiger partial charge in [-0.1, -0.05) is 33.6 Å². The molecule has 0 aliphatic rings. The Morgan fingerprint density at radius 1 is 1.47 bits per heavy atom. The van der Waals surface area contributed by atoms with E-state index >= 15 is 0 Å². The van der Waals surface area contributed by atoms with Gasteiger partial charge in [-0.05, 0) is 18.2 Å². The number of anilines is 1. The third-order valence-corrected chi connectivity index (χ3v) is 3.05. The first kappa shape index (κ1) is 13.8. The van der Waals surface area contributed by atoms with Gasteiger partial charge in [-0.15, -0.1) is 0 Å². The Labute approximate surface area is 122 Å². The highest BCUT2D eigenvalue weighted by molar-refractivity contribution is 9.10. The molecule has 1 heterocycles. The Bertz CT molecular complexity index is 672. The standard InChI is InChI=1S/C12H9BrClN3O2/c13-8-2-1-3-9(6-8)16-10(18)7-17-5-4-15-11(14)12(17)19/h1-6H,7H2,(H,16,18). The van der Waals surface area contributed by atoms with Gasteiger partial charge in [-0.25, -0.2) is 4.98 Å². The zero-order valence-electron chi connectivity index (χ0n) is 9.64. The van der Waals surface area contributed by atoms with Crippen LogP contribution in [0.2, 0.25) is 5.15 Å². The predicted molar refractivity (Wildman–Crippen MR) is 76.3 cm³/mol. The van der Waals surface area contributed by atoms with Gasteiger partial charge in [-0.3, -0.25) is 9.59 Å². The van der Waals surface area contributed by atoms with Crippen LogP contribution in [-0.4, -0.2) is 15.5 Å². The number of hydrogen-bond acceptors (Lipinski definition) is 3. The summed E-state index contributed by atoms with van der Waals surface area (Å²) in [6, 6.07) is 7.17. The number of nitrogens with one attached hydrogen (secondary N) is 1. The molecule has 0 radical (unpaired) electrons. The maximum Gasteiger partial charge on any atom is 0.288 e. The first-order chi connectivity index (χ1) is 9.06. The van der Waals surface area contributed by atoms with Gasteiger partial charge >= 0.3 is 0 Å². The third kappa shape index (κ3) is 3.65. The van der Waals surface area contributed by atoms with Gasteiger partial charge in [-0.2, -0.15) is 0 Å². The maximum atomic E-state index is 11.8. The minimum absolute atomic E-state index is 0.117. The Morgan fingerprint density at radius 3 is 3.00 bits per heavy atom. The highest BCUT2D eigenvalue weighted by atomic mass is 79.9. The molecule has 19 heavy (non-hydrogen) atoms. The summed E-state index contributed by atoms with van der Waals surface area (Å²) in [5.41, 5.74) is 0.154. The molecule has 98 valence electrons. The van der Waals surface area contributed by atoms with Crippen LogP contribution in [0.25, 0.3) is 0 Å². The zero-order valence-corrected chi connectivity index (χ0v) is 12.0. The highest BCUT2D eigenvalue weighted by Crippen LogP contribution is 2.15. The molecule has 1 aromatic heterocycles. The fourth-order valence-corrected chi connectivity index (χ4v) is 2.03.